The van der Waals surface area contributed by atoms with Gasteiger partial charge in [0.1, 0.15) is 19.0 Å². The van der Waals surface area contributed by atoms with Gasteiger partial charge in [-0.1, -0.05) is 37.5 Å². The van der Waals surface area contributed by atoms with Crippen LogP contribution in [0.15, 0.2) is 40.9 Å². The van der Waals surface area contributed by atoms with E-state index in [1.807, 2.05) is 30.3 Å². The molecule has 2 aromatic rings. The average molecular weight is 367 g/mol. The number of para-hydroxylation sites is 1. The van der Waals surface area contributed by atoms with Gasteiger partial charge in [0.05, 0.1) is 0 Å². The van der Waals surface area contributed by atoms with Gasteiger partial charge in [0.2, 0.25) is 0 Å². The fourth-order valence-corrected chi connectivity index (χ4v) is 3.10. The van der Waals surface area contributed by atoms with E-state index in [0.29, 0.717) is 30.9 Å². The predicted octanol–water partition coefficient (Wildman–Crippen LogP) is 4.32. The van der Waals surface area contributed by atoms with Gasteiger partial charge in [-0.25, -0.2) is 0 Å². The van der Waals surface area contributed by atoms with E-state index < -0.39 is 0 Å². The molecule has 1 fully saturated rings. The van der Waals surface area contributed by atoms with Crippen molar-refractivity contribution in [2.75, 3.05) is 20.2 Å². The maximum Gasteiger partial charge on any atom is 0.254 e. The molecule has 0 spiro atoms. The lowest BCUT2D eigenvalue weighted by atomic mass is 9.94. The molecule has 25 heavy (non-hydrogen) atoms. The molecule has 0 atom stereocenters. The van der Waals surface area contributed by atoms with Crippen molar-refractivity contribution in [2.45, 2.75) is 44.8 Å². The van der Waals surface area contributed by atoms with Crippen LogP contribution in [0.25, 0.3) is 0 Å². The molecule has 138 valence electrons. The third kappa shape index (κ3) is 6.25. The minimum atomic E-state index is 0. The Hall–Kier alpha value is -1.72. The largest absolute Gasteiger partial charge is 0.486 e. The van der Waals surface area contributed by atoms with Crippen LogP contribution in [0.5, 0.6) is 11.6 Å². The van der Waals surface area contributed by atoms with Crippen molar-refractivity contribution in [1.82, 2.24) is 10.1 Å². The number of halogens is 1. The van der Waals surface area contributed by atoms with Crippen LogP contribution in [0.4, 0.5) is 0 Å². The van der Waals surface area contributed by atoms with Crippen molar-refractivity contribution >= 4 is 12.4 Å². The van der Waals surface area contributed by atoms with E-state index in [1.54, 1.807) is 6.07 Å². The van der Waals surface area contributed by atoms with E-state index in [2.05, 4.69) is 17.1 Å². The molecule has 0 N–H and O–H groups in total. The summed E-state index contributed by atoms with van der Waals surface area (Å²) in [7, 11) is 2.18. The lowest BCUT2D eigenvalue weighted by Gasteiger charge is -2.30. The Bertz CT molecular complexity index is 600. The highest BCUT2D eigenvalue weighted by atomic mass is 35.5. The van der Waals surface area contributed by atoms with Gasteiger partial charge >= 0.3 is 0 Å². The molecule has 0 saturated heterocycles. The summed E-state index contributed by atoms with van der Waals surface area (Å²) in [6.07, 6.45) is 6.70. The molecule has 1 aromatic carbocycles. The van der Waals surface area contributed by atoms with Crippen LogP contribution < -0.4 is 9.47 Å². The first kappa shape index (κ1) is 19.6. The zero-order chi connectivity index (χ0) is 16.6. The van der Waals surface area contributed by atoms with Crippen molar-refractivity contribution in [2.24, 2.45) is 0 Å². The van der Waals surface area contributed by atoms with Gasteiger partial charge in [-0.15, -0.1) is 12.4 Å². The van der Waals surface area contributed by atoms with Crippen molar-refractivity contribution in [3.8, 4) is 11.6 Å². The lowest BCUT2D eigenvalue weighted by molar-refractivity contribution is 0.155. The highest BCUT2D eigenvalue weighted by Gasteiger charge is 2.17. The number of rotatable bonds is 8. The number of hydrogen-bond acceptors (Lipinski definition) is 5. The topological polar surface area (TPSA) is 47.7 Å². The third-order valence-electron chi connectivity index (χ3n) is 4.55. The highest BCUT2D eigenvalue weighted by molar-refractivity contribution is 5.85. The first-order valence-corrected chi connectivity index (χ1v) is 8.78. The first-order chi connectivity index (χ1) is 11.8. The summed E-state index contributed by atoms with van der Waals surface area (Å²) in [5.74, 6) is 2.00. The Balaban J connectivity index is 0.00000225. The molecule has 0 radical (unpaired) electrons. The molecule has 0 bridgehead atoms. The van der Waals surface area contributed by atoms with Gasteiger partial charge in [0, 0.05) is 18.7 Å². The smallest absolute Gasteiger partial charge is 0.254 e. The van der Waals surface area contributed by atoms with E-state index >= 15 is 0 Å². The molecule has 6 heteroatoms. The van der Waals surface area contributed by atoms with Gasteiger partial charge in [-0.05, 0) is 37.2 Å². The minimum Gasteiger partial charge on any atom is -0.486 e. The molecule has 1 aliphatic carbocycles. The quantitative estimate of drug-likeness (QED) is 0.696. The zero-order valence-electron chi connectivity index (χ0n) is 14.7. The van der Waals surface area contributed by atoms with E-state index in [0.717, 1.165) is 12.3 Å². The average Bonchev–Trinajstić information content (AvgIpc) is 3.09. The molecule has 1 saturated carbocycles. The van der Waals surface area contributed by atoms with E-state index in [1.165, 1.54) is 32.1 Å². The summed E-state index contributed by atoms with van der Waals surface area (Å²) in [6, 6.07) is 12.2. The van der Waals surface area contributed by atoms with Crippen LogP contribution in [-0.4, -0.2) is 36.3 Å². The van der Waals surface area contributed by atoms with Crippen molar-refractivity contribution < 1.29 is 14.0 Å². The Kier molecular flexibility index (Phi) is 8.09. The van der Waals surface area contributed by atoms with Gasteiger partial charge in [0.25, 0.3) is 5.88 Å². The van der Waals surface area contributed by atoms with Crippen LogP contribution in [0.2, 0.25) is 0 Å². The Morgan fingerprint density at radius 2 is 1.88 bits per heavy atom. The second-order valence-electron chi connectivity index (χ2n) is 6.35. The van der Waals surface area contributed by atoms with E-state index in [-0.39, 0.29) is 12.4 Å². The summed E-state index contributed by atoms with van der Waals surface area (Å²) in [5.41, 5.74) is 0. The van der Waals surface area contributed by atoms with Crippen molar-refractivity contribution in [3.63, 3.8) is 0 Å². The van der Waals surface area contributed by atoms with Gasteiger partial charge < -0.3 is 18.9 Å². The van der Waals surface area contributed by atoms with Crippen molar-refractivity contribution in [3.05, 3.63) is 42.2 Å². The zero-order valence-corrected chi connectivity index (χ0v) is 15.5. The second-order valence-corrected chi connectivity index (χ2v) is 6.35. The number of aromatic nitrogens is 1. The number of nitrogens with zero attached hydrogens (tertiary/aromatic N) is 2. The fourth-order valence-electron chi connectivity index (χ4n) is 3.10. The van der Waals surface area contributed by atoms with E-state index in [4.69, 9.17) is 14.0 Å². The first-order valence-electron chi connectivity index (χ1n) is 8.78. The number of hydrogen-bond donors (Lipinski definition) is 0. The molecule has 0 unspecified atom stereocenters. The molecule has 1 aromatic heterocycles. The summed E-state index contributed by atoms with van der Waals surface area (Å²) < 4.78 is 16.6. The molecule has 0 amide bonds. The summed E-state index contributed by atoms with van der Waals surface area (Å²) in [4.78, 5) is 2.40. The lowest BCUT2D eigenvalue weighted by Crippen LogP contribution is -2.36. The normalized spacial score (nSPS) is 15.0. The third-order valence-corrected chi connectivity index (χ3v) is 4.55. The monoisotopic (exact) mass is 366 g/mol. The Morgan fingerprint density at radius 1 is 1.12 bits per heavy atom. The van der Waals surface area contributed by atoms with Crippen LogP contribution in [-0.2, 0) is 6.61 Å². The maximum atomic E-state index is 5.70. The molecule has 1 aliphatic rings. The molecular weight excluding hydrogens is 340 g/mol. The molecular formula is C19H27ClN2O3. The molecule has 5 nitrogen and oxygen atoms in total. The van der Waals surface area contributed by atoms with Crippen LogP contribution in [0.3, 0.4) is 0 Å². The predicted molar refractivity (Wildman–Crippen MR) is 99.5 cm³/mol. The van der Waals surface area contributed by atoms with E-state index in [9.17, 15) is 0 Å². The number of likely N-dealkylation sites (N-methyl/N-ethyl adjacent to an activating group) is 1. The summed E-state index contributed by atoms with van der Waals surface area (Å²) in [5, 5.41) is 3.94. The fraction of sp³-hybridized carbons (Fsp3) is 0.526. The summed E-state index contributed by atoms with van der Waals surface area (Å²) >= 11 is 0. The number of benzene rings is 1. The minimum absolute atomic E-state index is 0. The Morgan fingerprint density at radius 3 is 2.64 bits per heavy atom. The second kappa shape index (κ2) is 10.3. The standard InChI is InChI=1S/C19H26N2O3.ClH/c1-21(16-8-4-2-5-9-16)12-13-22-19-14-18(24-20-19)15-23-17-10-6-3-7-11-17;/h3,6-7,10-11,14,16H,2,4-5,8-9,12-13,15H2,1H3;1H. The highest BCUT2D eigenvalue weighted by Crippen LogP contribution is 2.21. The summed E-state index contributed by atoms with van der Waals surface area (Å²) in [6.45, 7) is 1.88. The van der Waals surface area contributed by atoms with Gasteiger partial charge in [0.15, 0.2) is 5.76 Å². The van der Waals surface area contributed by atoms with Crippen molar-refractivity contribution in [1.29, 1.82) is 0 Å². The van der Waals surface area contributed by atoms with Crippen LogP contribution >= 0.6 is 12.4 Å². The van der Waals surface area contributed by atoms with Gasteiger partial charge in [-0.2, -0.15) is 0 Å². The number of ether oxygens (including phenoxy) is 2. The maximum absolute atomic E-state index is 5.70. The van der Waals surface area contributed by atoms with Crippen LogP contribution in [0, 0.1) is 0 Å². The molecule has 3 rings (SSSR count). The molecule has 0 aliphatic heterocycles. The van der Waals surface area contributed by atoms with Crippen LogP contribution in [0.1, 0.15) is 37.9 Å². The molecule has 1 heterocycles. The van der Waals surface area contributed by atoms with Gasteiger partial charge in [-0.3, -0.25) is 0 Å². The SMILES string of the molecule is CN(CCOc1cc(COc2ccccc2)on1)C1CCCCC1.Cl. The Labute approximate surface area is 155 Å².